The summed E-state index contributed by atoms with van der Waals surface area (Å²) in [4.78, 5) is 14.5. The van der Waals surface area contributed by atoms with Crippen LogP contribution < -0.4 is 4.31 Å². The number of anilines is 1. The first-order valence-corrected chi connectivity index (χ1v) is 10.4. The average Bonchev–Trinajstić information content (AvgIpc) is 2.69. The minimum absolute atomic E-state index is 0.124. The molecule has 1 fully saturated rings. The second-order valence-corrected chi connectivity index (χ2v) is 8.55. The Morgan fingerprint density at radius 1 is 1.15 bits per heavy atom. The fourth-order valence-corrected chi connectivity index (χ4v) is 4.56. The third-order valence-corrected chi connectivity index (χ3v) is 6.42. The van der Waals surface area contributed by atoms with Gasteiger partial charge in [-0.1, -0.05) is 35.9 Å². The molecule has 0 aliphatic carbocycles. The summed E-state index contributed by atoms with van der Waals surface area (Å²) in [6.07, 6.45) is 0. The summed E-state index contributed by atoms with van der Waals surface area (Å²) in [5.41, 5.74) is 1.11. The van der Waals surface area contributed by atoms with Gasteiger partial charge in [0.2, 0.25) is 5.91 Å². The van der Waals surface area contributed by atoms with E-state index in [0.717, 1.165) is 4.31 Å². The number of aryl methyl sites for hydroxylation is 1. The molecule has 3 rings (SSSR count). The van der Waals surface area contributed by atoms with Gasteiger partial charge in [-0.2, -0.15) is 0 Å². The van der Waals surface area contributed by atoms with Crippen molar-refractivity contribution in [2.75, 3.05) is 37.2 Å². The molecule has 27 heavy (non-hydrogen) atoms. The lowest BCUT2D eigenvalue weighted by Gasteiger charge is -2.31. The number of halogens is 1. The maximum Gasteiger partial charge on any atom is 0.264 e. The fraction of sp³-hybridized carbons (Fsp3) is 0.316. The molecule has 0 aromatic heterocycles. The van der Waals surface area contributed by atoms with Gasteiger partial charge >= 0.3 is 0 Å². The van der Waals surface area contributed by atoms with E-state index in [-0.39, 0.29) is 17.3 Å². The first-order chi connectivity index (χ1) is 12.9. The largest absolute Gasteiger partial charge is 0.378 e. The molecule has 2 aromatic carbocycles. The molecule has 0 spiro atoms. The topological polar surface area (TPSA) is 66.9 Å². The van der Waals surface area contributed by atoms with Crippen LogP contribution in [-0.2, 0) is 19.6 Å². The SMILES string of the molecule is Cc1ccc(Cl)cc1N(CC(=O)N1CCOCC1)S(=O)(=O)c1ccccc1. The second-order valence-electron chi connectivity index (χ2n) is 6.25. The predicted octanol–water partition coefficient (Wildman–Crippen LogP) is 2.70. The molecular formula is C19H21ClN2O4S. The number of carbonyl (C=O) groups excluding carboxylic acids is 1. The summed E-state index contributed by atoms with van der Waals surface area (Å²) >= 11 is 6.11. The van der Waals surface area contributed by atoms with Crippen LogP contribution >= 0.6 is 11.6 Å². The van der Waals surface area contributed by atoms with Crippen molar-refractivity contribution >= 4 is 33.2 Å². The van der Waals surface area contributed by atoms with Crippen LogP contribution in [0.2, 0.25) is 5.02 Å². The summed E-state index contributed by atoms with van der Waals surface area (Å²) in [5.74, 6) is -0.266. The van der Waals surface area contributed by atoms with Crippen LogP contribution in [0.5, 0.6) is 0 Å². The molecule has 0 N–H and O–H groups in total. The summed E-state index contributed by atoms with van der Waals surface area (Å²) in [7, 11) is -3.93. The van der Waals surface area contributed by atoms with E-state index in [1.807, 2.05) is 0 Å². The summed E-state index contributed by atoms with van der Waals surface area (Å²) in [5, 5.41) is 0.405. The van der Waals surface area contributed by atoms with Gasteiger partial charge in [-0.3, -0.25) is 9.10 Å². The number of morpholine rings is 1. The Kier molecular flexibility index (Phi) is 6.04. The molecule has 0 unspecified atom stereocenters. The van der Waals surface area contributed by atoms with Gasteiger partial charge < -0.3 is 9.64 Å². The van der Waals surface area contributed by atoms with Crippen molar-refractivity contribution < 1.29 is 17.9 Å². The van der Waals surface area contributed by atoms with Gasteiger partial charge in [-0.25, -0.2) is 8.42 Å². The lowest BCUT2D eigenvalue weighted by atomic mass is 10.2. The zero-order valence-electron chi connectivity index (χ0n) is 15.0. The maximum absolute atomic E-state index is 13.3. The molecule has 6 nitrogen and oxygen atoms in total. The van der Waals surface area contributed by atoms with Gasteiger partial charge in [0.05, 0.1) is 23.8 Å². The molecular weight excluding hydrogens is 388 g/mol. The molecule has 0 atom stereocenters. The van der Waals surface area contributed by atoms with Gasteiger partial charge in [0, 0.05) is 18.1 Å². The van der Waals surface area contributed by atoms with E-state index in [1.54, 1.807) is 48.2 Å². The number of nitrogens with zero attached hydrogens (tertiary/aromatic N) is 2. The van der Waals surface area contributed by atoms with Gasteiger partial charge in [0.1, 0.15) is 6.54 Å². The molecule has 1 aliphatic rings. The molecule has 1 saturated heterocycles. The number of rotatable bonds is 5. The van der Waals surface area contributed by atoms with Crippen molar-refractivity contribution in [2.24, 2.45) is 0 Å². The number of benzene rings is 2. The molecule has 1 aliphatic heterocycles. The van der Waals surface area contributed by atoms with E-state index in [0.29, 0.717) is 42.6 Å². The van der Waals surface area contributed by atoms with Crippen LogP contribution in [0.3, 0.4) is 0 Å². The molecule has 0 radical (unpaired) electrons. The average molecular weight is 409 g/mol. The van der Waals surface area contributed by atoms with Crippen LogP contribution in [0.4, 0.5) is 5.69 Å². The number of sulfonamides is 1. The van der Waals surface area contributed by atoms with Crippen LogP contribution in [0, 0.1) is 6.92 Å². The van der Waals surface area contributed by atoms with E-state index in [2.05, 4.69) is 0 Å². The van der Waals surface area contributed by atoms with Crippen molar-refractivity contribution in [3.63, 3.8) is 0 Å². The second kappa shape index (κ2) is 8.29. The highest BCUT2D eigenvalue weighted by Crippen LogP contribution is 2.29. The smallest absolute Gasteiger partial charge is 0.264 e. The lowest BCUT2D eigenvalue weighted by Crippen LogP contribution is -2.47. The standard InChI is InChI=1S/C19H21ClN2O4S/c1-15-7-8-16(20)13-18(15)22(14-19(23)21-9-11-26-12-10-21)27(24,25)17-5-3-2-4-6-17/h2-8,13H,9-12,14H2,1H3. The summed E-state index contributed by atoms with van der Waals surface area (Å²) < 4.78 is 33.0. The number of hydrogen-bond donors (Lipinski definition) is 0. The first kappa shape index (κ1) is 19.7. The Morgan fingerprint density at radius 3 is 2.48 bits per heavy atom. The zero-order valence-corrected chi connectivity index (χ0v) is 16.5. The van der Waals surface area contributed by atoms with Crippen molar-refractivity contribution in [3.8, 4) is 0 Å². The van der Waals surface area contributed by atoms with Gasteiger partial charge in [-0.05, 0) is 36.8 Å². The third-order valence-electron chi connectivity index (χ3n) is 4.41. The number of hydrogen-bond acceptors (Lipinski definition) is 4. The highest BCUT2D eigenvalue weighted by atomic mass is 35.5. The Bertz CT molecular complexity index is 913. The Morgan fingerprint density at radius 2 is 1.81 bits per heavy atom. The summed E-state index contributed by atoms with van der Waals surface area (Å²) in [6.45, 7) is 3.30. The monoisotopic (exact) mass is 408 g/mol. The molecule has 1 heterocycles. The maximum atomic E-state index is 13.3. The van der Waals surface area contributed by atoms with E-state index in [1.165, 1.54) is 12.1 Å². The van der Waals surface area contributed by atoms with E-state index in [4.69, 9.17) is 16.3 Å². The van der Waals surface area contributed by atoms with Crippen LogP contribution in [-0.4, -0.2) is 52.1 Å². The van der Waals surface area contributed by atoms with Crippen molar-refractivity contribution in [2.45, 2.75) is 11.8 Å². The van der Waals surface area contributed by atoms with Crippen molar-refractivity contribution in [3.05, 3.63) is 59.1 Å². The third kappa shape index (κ3) is 4.43. The van der Waals surface area contributed by atoms with E-state index in [9.17, 15) is 13.2 Å². The fourth-order valence-electron chi connectivity index (χ4n) is 2.91. The van der Waals surface area contributed by atoms with Crippen LogP contribution in [0.1, 0.15) is 5.56 Å². The zero-order chi connectivity index (χ0) is 19.4. The quantitative estimate of drug-likeness (QED) is 0.762. The van der Waals surface area contributed by atoms with Crippen molar-refractivity contribution in [1.29, 1.82) is 0 Å². The minimum Gasteiger partial charge on any atom is -0.378 e. The predicted molar refractivity (Wildman–Crippen MR) is 105 cm³/mol. The van der Waals surface area contributed by atoms with E-state index >= 15 is 0 Å². The van der Waals surface area contributed by atoms with E-state index < -0.39 is 10.0 Å². The number of ether oxygens (including phenoxy) is 1. The Hall–Kier alpha value is -2.09. The molecule has 8 heteroatoms. The molecule has 0 bridgehead atoms. The summed E-state index contributed by atoms with van der Waals surface area (Å²) in [6, 6.07) is 13.1. The Balaban J connectivity index is 2.01. The van der Waals surface area contributed by atoms with Gasteiger partial charge in [-0.15, -0.1) is 0 Å². The van der Waals surface area contributed by atoms with Crippen molar-refractivity contribution in [1.82, 2.24) is 4.90 Å². The van der Waals surface area contributed by atoms with Gasteiger partial charge in [0.15, 0.2) is 0 Å². The number of amides is 1. The first-order valence-electron chi connectivity index (χ1n) is 8.59. The highest BCUT2D eigenvalue weighted by molar-refractivity contribution is 7.92. The van der Waals surface area contributed by atoms with Crippen LogP contribution in [0.15, 0.2) is 53.4 Å². The van der Waals surface area contributed by atoms with Crippen LogP contribution in [0.25, 0.3) is 0 Å². The normalized spacial score (nSPS) is 14.8. The molecule has 2 aromatic rings. The lowest BCUT2D eigenvalue weighted by molar-refractivity contribution is -0.133. The number of carbonyl (C=O) groups is 1. The molecule has 144 valence electrons. The Labute approximate surface area is 164 Å². The minimum atomic E-state index is -3.93. The van der Waals surface area contributed by atoms with Gasteiger partial charge in [0.25, 0.3) is 10.0 Å². The highest BCUT2D eigenvalue weighted by Gasteiger charge is 2.30. The molecule has 0 saturated carbocycles. The molecule has 1 amide bonds.